The summed E-state index contributed by atoms with van der Waals surface area (Å²) in [5.41, 5.74) is 1.59. The van der Waals surface area contributed by atoms with Gasteiger partial charge in [0, 0.05) is 63.4 Å². The molecule has 2 atom stereocenters. The average Bonchev–Trinajstić information content (AvgIpc) is 3.44. The van der Waals surface area contributed by atoms with Crippen molar-refractivity contribution in [2.24, 2.45) is 5.41 Å². The van der Waals surface area contributed by atoms with Gasteiger partial charge in [-0.15, -0.1) is 11.8 Å². The third kappa shape index (κ3) is 13.4. The minimum atomic E-state index is -1.39. The first-order valence-electron chi connectivity index (χ1n) is 17.3. The van der Waals surface area contributed by atoms with Crippen LogP contribution in [0.5, 0.6) is 0 Å². The molecule has 0 fully saturated rings. The van der Waals surface area contributed by atoms with Crippen LogP contribution >= 0.6 is 11.8 Å². The fraction of sp³-hybridized carbons (Fsp3) is 0.474. The lowest BCUT2D eigenvalue weighted by Crippen LogP contribution is -2.45. The number of nitrogens with one attached hydrogen (secondary N) is 2. The molecule has 14 heteroatoms. The lowest BCUT2D eigenvalue weighted by molar-refractivity contribution is -0.140. The number of hydrogen-bond donors (Lipinski definition) is 3. The zero-order chi connectivity index (χ0) is 38.6. The van der Waals surface area contributed by atoms with Crippen LogP contribution in [0.2, 0.25) is 25.7 Å². The van der Waals surface area contributed by atoms with E-state index in [1.54, 1.807) is 17.2 Å². The fourth-order valence-electron chi connectivity index (χ4n) is 5.72. The molecule has 2 aromatic carbocycles. The van der Waals surface area contributed by atoms with Crippen molar-refractivity contribution in [1.29, 1.82) is 0 Å². The number of aromatic nitrogens is 1. The molecule has 0 bridgehead atoms. The van der Waals surface area contributed by atoms with Crippen LogP contribution in [0.15, 0.2) is 60.8 Å². The largest absolute Gasteiger partial charge is 0.480 e. The van der Waals surface area contributed by atoms with Gasteiger partial charge in [-0.1, -0.05) is 70.7 Å². The highest BCUT2D eigenvalue weighted by Crippen LogP contribution is 2.41. The SMILES string of the molecule is CC(=O)N[C@@H](CSCC(=O)N(CCCNC(=O)OCC[Si](C)(C)C)[C@@H](c1cc(-c2cc(F)ccc2F)cn1Cc1ccccc1)C(C)(C)C)C(=O)O. The summed E-state index contributed by atoms with van der Waals surface area (Å²) in [4.78, 5) is 51.7. The number of carboxylic acid groups (broad SMARTS) is 1. The van der Waals surface area contributed by atoms with E-state index in [4.69, 9.17) is 4.74 Å². The molecule has 0 saturated heterocycles. The van der Waals surface area contributed by atoms with Gasteiger partial charge in [0.1, 0.15) is 17.7 Å². The van der Waals surface area contributed by atoms with E-state index in [1.807, 2.05) is 55.7 Å². The Morgan fingerprint density at radius 2 is 1.73 bits per heavy atom. The van der Waals surface area contributed by atoms with Gasteiger partial charge in [0.25, 0.3) is 0 Å². The predicted molar refractivity (Wildman–Crippen MR) is 204 cm³/mol. The second-order valence-corrected chi connectivity index (χ2v) is 21.7. The lowest BCUT2D eigenvalue weighted by atomic mass is 9.83. The maximum Gasteiger partial charge on any atom is 0.407 e. The number of hydrogen-bond acceptors (Lipinski definition) is 6. The maximum absolute atomic E-state index is 15.1. The molecule has 1 aromatic heterocycles. The quantitative estimate of drug-likeness (QED) is 0.0927. The lowest BCUT2D eigenvalue weighted by Gasteiger charge is -2.41. The molecule has 0 spiro atoms. The topological polar surface area (TPSA) is 130 Å². The highest BCUT2D eigenvalue weighted by Gasteiger charge is 2.37. The second-order valence-electron chi connectivity index (χ2n) is 15.1. The van der Waals surface area contributed by atoms with Crippen LogP contribution in [0.1, 0.15) is 51.4 Å². The molecule has 3 rings (SSSR count). The third-order valence-corrected chi connectivity index (χ3v) is 10.9. The van der Waals surface area contributed by atoms with Crippen molar-refractivity contribution in [2.75, 3.05) is 31.2 Å². The van der Waals surface area contributed by atoms with Gasteiger partial charge < -0.3 is 29.9 Å². The van der Waals surface area contributed by atoms with Crippen molar-refractivity contribution in [3.05, 3.63) is 83.7 Å². The van der Waals surface area contributed by atoms with E-state index in [0.29, 0.717) is 30.8 Å². The van der Waals surface area contributed by atoms with Gasteiger partial charge in [-0.2, -0.15) is 0 Å². The molecule has 52 heavy (non-hydrogen) atoms. The molecule has 1 heterocycles. The summed E-state index contributed by atoms with van der Waals surface area (Å²) in [6.45, 7) is 14.9. The Morgan fingerprint density at radius 3 is 2.35 bits per heavy atom. The number of carboxylic acids is 1. The van der Waals surface area contributed by atoms with E-state index in [9.17, 15) is 28.7 Å². The van der Waals surface area contributed by atoms with E-state index >= 15 is 4.39 Å². The van der Waals surface area contributed by atoms with Crippen molar-refractivity contribution in [1.82, 2.24) is 20.1 Å². The number of ether oxygens (including phenoxy) is 1. The molecule has 3 amide bonds. The first kappa shape index (κ1) is 42.2. The number of halogens is 2. The maximum atomic E-state index is 15.1. The third-order valence-electron chi connectivity index (χ3n) is 8.21. The molecular weight excluding hydrogens is 707 g/mol. The molecular formula is C38H52F2N4O6SSi. The predicted octanol–water partition coefficient (Wildman–Crippen LogP) is 7.17. The number of amides is 3. The first-order chi connectivity index (χ1) is 24.4. The van der Waals surface area contributed by atoms with Gasteiger partial charge in [0.15, 0.2) is 0 Å². The standard InChI is InChI=1S/C38H52F2N4O6SSi/c1-26(45)42-32(36(47)48)24-51-25-34(46)44(17-11-16-41-37(49)50-18-19-52(5,6)7)35(38(2,3)4)33-20-28(30-21-29(39)14-15-31(30)40)23-43(33)22-27-12-9-8-10-13-27/h8-10,12-15,20-21,23,32,35H,11,16-19,22,24-25H2,1-7H3,(H,41,49)(H,42,45)(H,47,48)/t32-,35-/m0/s1. The summed E-state index contributed by atoms with van der Waals surface area (Å²) in [5, 5.41) is 14.8. The van der Waals surface area contributed by atoms with Crippen molar-refractivity contribution in [3.8, 4) is 11.1 Å². The number of benzene rings is 2. The van der Waals surface area contributed by atoms with Gasteiger partial charge in [0.05, 0.1) is 18.4 Å². The molecule has 0 aliphatic heterocycles. The van der Waals surface area contributed by atoms with Crippen molar-refractivity contribution >= 4 is 43.7 Å². The Kier molecular flexibility index (Phi) is 15.5. The number of nitrogens with zero attached hydrogens (tertiary/aromatic N) is 2. The van der Waals surface area contributed by atoms with Crippen LogP contribution in [0.3, 0.4) is 0 Å². The molecule has 0 radical (unpaired) electrons. The molecule has 0 aliphatic carbocycles. The molecule has 3 aromatic rings. The molecule has 10 nitrogen and oxygen atoms in total. The molecule has 3 N–H and O–H groups in total. The van der Waals surface area contributed by atoms with Crippen LogP contribution in [-0.4, -0.2) is 83.8 Å². The van der Waals surface area contributed by atoms with Gasteiger partial charge in [-0.05, 0) is 47.7 Å². The second kappa shape index (κ2) is 19.1. The van der Waals surface area contributed by atoms with Crippen molar-refractivity contribution < 1.29 is 37.8 Å². The number of thioether (sulfide) groups is 1. The number of rotatable bonds is 18. The number of alkyl carbamates (subject to hydrolysis) is 1. The monoisotopic (exact) mass is 758 g/mol. The normalized spacial score (nSPS) is 12.9. The Bertz CT molecular complexity index is 1680. The fourth-order valence-corrected chi connectivity index (χ4v) is 7.35. The minimum Gasteiger partial charge on any atom is -0.480 e. The molecule has 0 unspecified atom stereocenters. The van der Waals surface area contributed by atoms with Crippen LogP contribution in [0.25, 0.3) is 11.1 Å². The van der Waals surface area contributed by atoms with E-state index in [-0.39, 0.29) is 36.1 Å². The highest BCUT2D eigenvalue weighted by atomic mass is 32.2. The smallest absolute Gasteiger partial charge is 0.407 e. The summed E-state index contributed by atoms with van der Waals surface area (Å²) >= 11 is 1.09. The first-order valence-corrected chi connectivity index (χ1v) is 22.2. The Balaban J connectivity index is 2.00. The van der Waals surface area contributed by atoms with Gasteiger partial charge >= 0.3 is 12.1 Å². The summed E-state index contributed by atoms with van der Waals surface area (Å²) in [7, 11) is -1.39. The van der Waals surface area contributed by atoms with Crippen LogP contribution in [0, 0.1) is 17.0 Å². The Morgan fingerprint density at radius 1 is 1.04 bits per heavy atom. The summed E-state index contributed by atoms with van der Waals surface area (Å²) in [6, 6.07) is 13.8. The van der Waals surface area contributed by atoms with Gasteiger partial charge in [0.2, 0.25) is 11.8 Å². The highest BCUT2D eigenvalue weighted by molar-refractivity contribution is 8.00. The Labute approximate surface area is 310 Å². The van der Waals surface area contributed by atoms with Crippen molar-refractivity contribution in [3.63, 3.8) is 0 Å². The van der Waals surface area contributed by atoms with E-state index < -0.39 is 55.2 Å². The summed E-state index contributed by atoms with van der Waals surface area (Å²) in [5.74, 6) is -3.29. The zero-order valence-corrected chi connectivity index (χ0v) is 32.9. The van der Waals surface area contributed by atoms with Crippen LogP contribution in [0.4, 0.5) is 13.6 Å². The number of aliphatic carboxylic acids is 1. The van der Waals surface area contributed by atoms with Gasteiger partial charge in [-0.3, -0.25) is 9.59 Å². The minimum absolute atomic E-state index is 0.0348. The molecule has 0 saturated carbocycles. The number of carbonyl (C=O) groups excluding carboxylic acids is 3. The van der Waals surface area contributed by atoms with Crippen LogP contribution < -0.4 is 10.6 Å². The van der Waals surface area contributed by atoms with E-state index in [2.05, 4.69) is 30.3 Å². The number of carbonyl (C=O) groups is 4. The zero-order valence-electron chi connectivity index (χ0n) is 31.1. The van der Waals surface area contributed by atoms with Crippen LogP contribution in [-0.2, 0) is 25.7 Å². The average molecular weight is 759 g/mol. The molecule has 0 aliphatic rings. The van der Waals surface area contributed by atoms with Gasteiger partial charge in [-0.25, -0.2) is 18.4 Å². The van der Waals surface area contributed by atoms with E-state index in [0.717, 1.165) is 41.6 Å². The van der Waals surface area contributed by atoms with E-state index in [1.165, 1.54) is 6.92 Å². The summed E-state index contributed by atoms with van der Waals surface area (Å²) in [6.07, 6.45) is 1.61. The Hall–Kier alpha value is -4.17. The molecule has 284 valence electrons. The van der Waals surface area contributed by atoms with Crippen molar-refractivity contribution in [2.45, 2.75) is 78.4 Å². The summed E-state index contributed by atoms with van der Waals surface area (Å²) < 4.78 is 36.8.